The van der Waals surface area contributed by atoms with E-state index in [1.807, 2.05) is 26.0 Å². The normalized spacial score (nSPS) is 14.8. The standard InChI is InChI=1S/C13H19NO3/c1-13(2,14)10-7-12-11(16-4-5-17-12)6-9(10)8-15-3/h6-7H,4-5,8,14H2,1-3H3. The quantitative estimate of drug-likeness (QED) is 0.871. The van der Waals surface area contributed by atoms with Gasteiger partial charge in [0.05, 0.1) is 6.61 Å². The summed E-state index contributed by atoms with van der Waals surface area (Å²) in [6.45, 7) is 5.63. The molecule has 0 aromatic heterocycles. The molecule has 0 spiro atoms. The van der Waals surface area contributed by atoms with Crippen molar-refractivity contribution in [3.63, 3.8) is 0 Å². The number of rotatable bonds is 3. The van der Waals surface area contributed by atoms with Crippen LogP contribution in [0.15, 0.2) is 12.1 Å². The number of hydrogen-bond donors (Lipinski definition) is 1. The molecule has 94 valence electrons. The summed E-state index contributed by atoms with van der Waals surface area (Å²) in [5.74, 6) is 1.54. The molecule has 0 aliphatic carbocycles. The van der Waals surface area contributed by atoms with Crippen LogP contribution in [0, 0.1) is 0 Å². The molecule has 1 aliphatic rings. The Balaban J connectivity index is 2.48. The third-order valence-corrected chi connectivity index (χ3v) is 2.76. The molecule has 1 aromatic rings. The molecular formula is C13H19NO3. The van der Waals surface area contributed by atoms with Crippen LogP contribution in [0.1, 0.15) is 25.0 Å². The largest absolute Gasteiger partial charge is 0.486 e. The Kier molecular flexibility index (Phi) is 3.26. The molecule has 17 heavy (non-hydrogen) atoms. The summed E-state index contributed by atoms with van der Waals surface area (Å²) in [4.78, 5) is 0. The number of ether oxygens (including phenoxy) is 3. The van der Waals surface area contributed by atoms with Crippen LogP contribution in [0.3, 0.4) is 0 Å². The highest BCUT2D eigenvalue weighted by molar-refractivity contribution is 5.50. The molecule has 0 saturated heterocycles. The fraction of sp³-hybridized carbons (Fsp3) is 0.538. The average molecular weight is 237 g/mol. The van der Waals surface area contributed by atoms with Crippen LogP contribution in [-0.2, 0) is 16.9 Å². The number of fused-ring (bicyclic) bond motifs is 1. The molecule has 0 atom stereocenters. The first kappa shape index (κ1) is 12.2. The molecule has 0 unspecified atom stereocenters. The topological polar surface area (TPSA) is 53.7 Å². The molecule has 0 amide bonds. The Morgan fingerprint density at radius 3 is 2.35 bits per heavy atom. The van der Waals surface area contributed by atoms with Gasteiger partial charge in [-0.2, -0.15) is 0 Å². The molecule has 0 radical (unpaired) electrons. The van der Waals surface area contributed by atoms with Gasteiger partial charge < -0.3 is 19.9 Å². The second kappa shape index (κ2) is 4.55. The van der Waals surface area contributed by atoms with Crippen LogP contribution in [0.4, 0.5) is 0 Å². The van der Waals surface area contributed by atoms with Crippen LogP contribution in [0.2, 0.25) is 0 Å². The van der Waals surface area contributed by atoms with Crippen molar-refractivity contribution in [2.45, 2.75) is 26.0 Å². The van der Waals surface area contributed by atoms with E-state index in [1.54, 1.807) is 7.11 Å². The summed E-state index contributed by atoms with van der Waals surface area (Å²) in [6, 6.07) is 3.92. The fourth-order valence-electron chi connectivity index (χ4n) is 2.01. The van der Waals surface area contributed by atoms with Gasteiger partial charge in [0.15, 0.2) is 11.5 Å². The fourth-order valence-corrected chi connectivity index (χ4v) is 2.01. The molecule has 2 N–H and O–H groups in total. The van der Waals surface area contributed by atoms with E-state index in [1.165, 1.54) is 0 Å². The summed E-state index contributed by atoms with van der Waals surface area (Å²) in [5.41, 5.74) is 7.82. The van der Waals surface area contributed by atoms with Gasteiger partial charge in [-0.1, -0.05) is 0 Å². The second-order valence-corrected chi connectivity index (χ2v) is 4.81. The Morgan fingerprint density at radius 2 is 1.82 bits per heavy atom. The van der Waals surface area contributed by atoms with Gasteiger partial charge in [-0.25, -0.2) is 0 Å². The van der Waals surface area contributed by atoms with E-state index in [2.05, 4.69) is 0 Å². The molecule has 0 fully saturated rings. The lowest BCUT2D eigenvalue weighted by molar-refractivity contribution is 0.166. The summed E-state index contributed by atoms with van der Waals surface area (Å²) in [5, 5.41) is 0. The van der Waals surface area contributed by atoms with Crippen molar-refractivity contribution in [3.05, 3.63) is 23.3 Å². The zero-order valence-corrected chi connectivity index (χ0v) is 10.6. The predicted molar refractivity (Wildman–Crippen MR) is 65.4 cm³/mol. The van der Waals surface area contributed by atoms with Gasteiger partial charge in [0, 0.05) is 12.6 Å². The summed E-state index contributed by atoms with van der Waals surface area (Å²) in [6.07, 6.45) is 0. The first-order chi connectivity index (χ1) is 8.02. The van der Waals surface area contributed by atoms with Crippen LogP contribution in [-0.4, -0.2) is 20.3 Å². The van der Waals surface area contributed by atoms with Crippen molar-refractivity contribution in [2.24, 2.45) is 5.73 Å². The van der Waals surface area contributed by atoms with Crippen molar-refractivity contribution in [1.29, 1.82) is 0 Å². The highest BCUT2D eigenvalue weighted by Crippen LogP contribution is 2.36. The lowest BCUT2D eigenvalue weighted by atomic mass is 9.90. The maximum atomic E-state index is 6.17. The smallest absolute Gasteiger partial charge is 0.161 e. The summed E-state index contributed by atoms with van der Waals surface area (Å²) in [7, 11) is 1.67. The predicted octanol–water partition coefficient (Wildman–Crippen LogP) is 1.80. The number of hydrogen-bond acceptors (Lipinski definition) is 4. The number of benzene rings is 1. The van der Waals surface area contributed by atoms with Gasteiger partial charge >= 0.3 is 0 Å². The molecule has 0 saturated carbocycles. The number of nitrogens with two attached hydrogens (primary N) is 1. The molecule has 2 rings (SSSR count). The second-order valence-electron chi connectivity index (χ2n) is 4.81. The van der Waals surface area contributed by atoms with E-state index >= 15 is 0 Å². The molecule has 0 bridgehead atoms. The average Bonchev–Trinajstić information content (AvgIpc) is 2.27. The van der Waals surface area contributed by atoms with Gasteiger partial charge in [0.25, 0.3) is 0 Å². The van der Waals surface area contributed by atoms with Gasteiger partial charge in [0.2, 0.25) is 0 Å². The third kappa shape index (κ3) is 2.53. The minimum absolute atomic E-state index is 0.427. The summed E-state index contributed by atoms with van der Waals surface area (Å²) < 4.78 is 16.3. The van der Waals surface area contributed by atoms with Gasteiger partial charge in [-0.3, -0.25) is 0 Å². The van der Waals surface area contributed by atoms with Crippen molar-refractivity contribution >= 4 is 0 Å². The monoisotopic (exact) mass is 237 g/mol. The molecule has 1 aliphatic heterocycles. The molecule has 4 nitrogen and oxygen atoms in total. The lowest BCUT2D eigenvalue weighted by Crippen LogP contribution is -2.30. The van der Waals surface area contributed by atoms with Gasteiger partial charge in [-0.05, 0) is 37.1 Å². The van der Waals surface area contributed by atoms with Crippen LogP contribution in [0.25, 0.3) is 0 Å². The maximum absolute atomic E-state index is 6.17. The van der Waals surface area contributed by atoms with E-state index in [-0.39, 0.29) is 0 Å². The van der Waals surface area contributed by atoms with E-state index in [0.717, 1.165) is 22.6 Å². The summed E-state index contributed by atoms with van der Waals surface area (Å²) >= 11 is 0. The van der Waals surface area contributed by atoms with E-state index in [0.29, 0.717) is 19.8 Å². The van der Waals surface area contributed by atoms with Crippen LogP contribution in [0.5, 0.6) is 11.5 Å². The minimum Gasteiger partial charge on any atom is -0.486 e. The first-order valence-corrected chi connectivity index (χ1v) is 5.73. The number of methoxy groups -OCH3 is 1. The minimum atomic E-state index is -0.427. The molecule has 1 aromatic carbocycles. The van der Waals surface area contributed by atoms with Crippen LogP contribution >= 0.6 is 0 Å². The maximum Gasteiger partial charge on any atom is 0.161 e. The zero-order valence-electron chi connectivity index (χ0n) is 10.6. The van der Waals surface area contributed by atoms with Crippen molar-refractivity contribution in [3.8, 4) is 11.5 Å². The first-order valence-electron chi connectivity index (χ1n) is 5.73. The highest BCUT2D eigenvalue weighted by atomic mass is 16.6. The Labute approximate surface area is 102 Å². The Bertz CT molecular complexity index is 410. The molecule has 4 heteroatoms. The van der Waals surface area contributed by atoms with Gasteiger partial charge in [-0.15, -0.1) is 0 Å². The van der Waals surface area contributed by atoms with Crippen molar-refractivity contribution in [2.75, 3.05) is 20.3 Å². The van der Waals surface area contributed by atoms with E-state index in [9.17, 15) is 0 Å². The van der Waals surface area contributed by atoms with Crippen molar-refractivity contribution < 1.29 is 14.2 Å². The molecular weight excluding hydrogens is 218 g/mol. The lowest BCUT2D eigenvalue weighted by Gasteiger charge is -2.26. The Morgan fingerprint density at radius 1 is 1.24 bits per heavy atom. The molecule has 1 heterocycles. The van der Waals surface area contributed by atoms with E-state index < -0.39 is 5.54 Å². The third-order valence-electron chi connectivity index (χ3n) is 2.76. The SMILES string of the molecule is COCc1cc2c(cc1C(C)(C)N)OCCO2. The van der Waals surface area contributed by atoms with Crippen molar-refractivity contribution in [1.82, 2.24) is 0 Å². The van der Waals surface area contributed by atoms with E-state index in [4.69, 9.17) is 19.9 Å². The Hall–Kier alpha value is -1.26. The highest BCUT2D eigenvalue weighted by Gasteiger charge is 2.23. The van der Waals surface area contributed by atoms with Crippen LogP contribution < -0.4 is 15.2 Å². The van der Waals surface area contributed by atoms with Gasteiger partial charge in [0.1, 0.15) is 13.2 Å². The zero-order chi connectivity index (χ0) is 12.5.